The van der Waals surface area contributed by atoms with Crippen LogP contribution in [0, 0.1) is 5.92 Å². The van der Waals surface area contributed by atoms with Crippen molar-refractivity contribution in [2.45, 2.75) is 65.1 Å². The number of aromatic hydroxyl groups is 1. The highest BCUT2D eigenvalue weighted by atomic mass is 16.5. The van der Waals surface area contributed by atoms with Crippen molar-refractivity contribution in [3.05, 3.63) is 23.8 Å². The Morgan fingerprint density at radius 2 is 2.00 bits per heavy atom. The van der Waals surface area contributed by atoms with Crippen LogP contribution in [0.25, 0.3) is 0 Å². The summed E-state index contributed by atoms with van der Waals surface area (Å²) in [6.45, 7) is 11.1. The third-order valence-electron chi connectivity index (χ3n) is 4.43. The lowest BCUT2D eigenvalue weighted by atomic mass is 9.87. The first kappa shape index (κ1) is 16.2. The molecule has 1 heterocycles. The second kappa shape index (κ2) is 5.88. The van der Waals surface area contributed by atoms with Gasteiger partial charge in [0.25, 0.3) is 0 Å². The fraction of sp³-hybridized carbons (Fsp3) is 0.667. The van der Waals surface area contributed by atoms with E-state index in [2.05, 4.69) is 46.6 Å². The third kappa shape index (κ3) is 3.70. The highest BCUT2D eigenvalue weighted by molar-refractivity contribution is 5.44. The van der Waals surface area contributed by atoms with E-state index in [-0.39, 0.29) is 11.4 Å². The molecule has 0 amide bonds. The minimum absolute atomic E-state index is 0.211. The Morgan fingerprint density at radius 1 is 1.33 bits per heavy atom. The first-order chi connectivity index (χ1) is 9.69. The van der Waals surface area contributed by atoms with E-state index in [1.165, 1.54) is 12.0 Å². The van der Waals surface area contributed by atoms with Crippen LogP contribution in [-0.2, 0) is 0 Å². The van der Waals surface area contributed by atoms with Crippen LogP contribution < -0.4 is 4.74 Å². The van der Waals surface area contributed by atoms with E-state index in [1.54, 1.807) is 12.1 Å². The summed E-state index contributed by atoms with van der Waals surface area (Å²) in [6.07, 6.45) is 2.14. The van der Waals surface area contributed by atoms with Crippen molar-refractivity contribution in [3.8, 4) is 11.5 Å². The van der Waals surface area contributed by atoms with Gasteiger partial charge in [0.1, 0.15) is 17.1 Å². The molecule has 0 spiro atoms. The maximum Gasteiger partial charge on any atom is 0.128 e. The predicted octanol–water partition coefficient (Wildman–Crippen LogP) is 4.36. The molecule has 2 unspecified atom stereocenters. The third-order valence-corrected chi connectivity index (χ3v) is 4.43. The Morgan fingerprint density at radius 3 is 2.62 bits per heavy atom. The van der Waals surface area contributed by atoms with Crippen LogP contribution in [0.5, 0.6) is 11.5 Å². The summed E-state index contributed by atoms with van der Waals surface area (Å²) in [5.74, 6) is 1.78. The number of rotatable bonds is 4. The number of hydrogen-bond acceptors (Lipinski definition) is 3. The van der Waals surface area contributed by atoms with Crippen LogP contribution in [-0.4, -0.2) is 28.7 Å². The Balaban J connectivity index is 2.31. The smallest absolute Gasteiger partial charge is 0.128 e. The van der Waals surface area contributed by atoms with Crippen LogP contribution in [0.4, 0.5) is 0 Å². The molecule has 1 aliphatic rings. The Hall–Kier alpha value is -1.22. The van der Waals surface area contributed by atoms with Gasteiger partial charge in [-0.2, -0.15) is 0 Å². The quantitative estimate of drug-likeness (QED) is 0.894. The van der Waals surface area contributed by atoms with Crippen molar-refractivity contribution in [3.63, 3.8) is 0 Å². The molecule has 0 saturated heterocycles. The molecule has 2 atom stereocenters. The molecule has 3 nitrogen and oxygen atoms in total. The zero-order valence-electron chi connectivity index (χ0n) is 14.2. The van der Waals surface area contributed by atoms with E-state index in [0.717, 1.165) is 12.2 Å². The number of phenols is 1. The summed E-state index contributed by atoms with van der Waals surface area (Å²) in [4.78, 5) is 2.46. The number of phenolic OH excluding ortho intramolecular Hbond substituents is 1. The lowest BCUT2D eigenvalue weighted by Crippen LogP contribution is -2.43. The van der Waals surface area contributed by atoms with E-state index in [0.29, 0.717) is 18.0 Å². The number of nitrogens with zero attached hydrogens (tertiary/aromatic N) is 1. The number of hydrogen-bond donors (Lipinski definition) is 1. The molecule has 2 rings (SSSR count). The van der Waals surface area contributed by atoms with Crippen molar-refractivity contribution in [2.24, 2.45) is 5.92 Å². The van der Waals surface area contributed by atoms with E-state index < -0.39 is 0 Å². The average Bonchev–Trinajstić information content (AvgIpc) is 2.34. The van der Waals surface area contributed by atoms with Crippen molar-refractivity contribution < 1.29 is 9.84 Å². The fourth-order valence-corrected chi connectivity index (χ4v) is 3.32. The molecule has 1 aromatic carbocycles. The van der Waals surface area contributed by atoms with E-state index in [1.807, 2.05) is 6.07 Å². The zero-order valence-corrected chi connectivity index (χ0v) is 14.2. The number of benzene rings is 1. The van der Waals surface area contributed by atoms with Crippen LogP contribution in [0.2, 0.25) is 0 Å². The molecule has 1 aromatic rings. The Kier molecular flexibility index (Phi) is 4.52. The maximum atomic E-state index is 9.72. The van der Waals surface area contributed by atoms with Crippen molar-refractivity contribution >= 4 is 0 Å². The molecular weight excluding hydrogens is 262 g/mol. The van der Waals surface area contributed by atoms with Gasteiger partial charge in [-0.25, -0.2) is 0 Å². The second-order valence-electron chi connectivity index (χ2n) is 7.45. The van der Waals surface area contributed by atoms with Gasteiger partial charge in [-0.05, 0) is 46.2 Å². The van der Waals surface area contributed by atoms with Crippen molar-refractivity contribution in [1.29, 1.82) is 0 Å². The van der Waals surface area contributed by atoms with Gasteiger partial charge in [-0.3, -0.25) is 4.90 Å². The summed E-state index contributed by atoms with van der Waals surface area (Å²) >= 11 is 0. The van der Waals surface area contributed by atoms with Gasteiger partial charge in [0.2, 0.25) is 0 Å². The number of ether oxygens (including phenoxy) is 1. The van der Waals surface area contributed by atoms with Crippen LogP contribution >= 0.6 is 0 Å². The van der Waals surface area contributed by atoms with Crippen molar-refractivity contribution in [2.75, 3.05) is 7.05 Å². The number of fused-ring (bicyclic) bond motifs is 1. The summed E-state index contributed by atoms with van der Waals surface area (Å²) in [5, 5.41) is 9.72. The highest BCUT2D eigenvalue weighted by Gasteiger charge is 2.37. The summed E-state index contributed by atoms with van der Waals surface area (Å²) in [6, 6.07) is 6.35. The molecule has 3 heteroatoms. The molecule has 0 fully saturated rings. The molecular formula is C18H29NO2. The molecule has 1 N–H and O–H groups in total. The Labute approximate surface area is 128 Å². The maximum absolute atomic E-state index is 9.72. The molecule has 21 heavy (non-hydrogen) atoms. The van der Waals surface area contributed by atoms with Gasteiger partial charge in [-0.1, -0.05) is 19.9 Å². The Bertz CT molecular complexity index is 496. The van der Waals surface area contributed by atoms with Crippen LogP contribution in [0.15, 0.2) is 18.2 Å². The summed E-state index contributed by atoms with van der Waals surface area (Å²) in [7, 11) is 2.20. The topological polar surface area (TPSA) is 32.7 Å². The standard InChI is InChI=1S/C18H29NO2/c1-12(2)9-13(3)19(6)16-11-18(4,5)21-17-10-14(20)7-8-15(16)17/h7-8,10,12-13,16,20H,9,11H2,1-6H3. The minimum Gasteiger partial charge on any atom is -0.508 e. The molecule has 0 aromatic heterocycles. The van der Waals surface area contributed by atoms with Gasteiger partial charge in [-0.15, -0.1) is 0 Å². The van der Waals surface area contributed by atoms with Gasteiger partial charge in [0, 0.05) is 30.1 Å². The fourth-order valence-electron chi connectivity index (χ4n) is 3.32. The van der Waals surface area contributed by atoms with Gasteiger partial charge in [0.15, 0.2) is 0 Å². The zero-order chi connectivity index (χ0) is 15.8. The second-order valence-corrected chi connectivity index (χ2v) is 7.45. The van der Waals surface area contributed by atoms with E-state index in [9.17, 15) is 5.11 Å². The lowest BCUT2D eigenvalue weighted by Gasteiger charge is -2.43. The monoisotopic (exact) mass is 291 g/mol. The molecule has 0 saturated carbocycles. The average molecular weight is 291 g/mol. The van der Waals surface area contributed by atoms with Gasteiger partial charge in [0.05, 0.1) is 0 Å². The molecule has 1 aliphatic heterocycles. The molecule has 0 bridgehead atoms. The largest absolute Gasteiger partial charge is 0.508 e. The van der Waals surface area contributed by atoms with Crippen molar-refractivity contribution in [1.82, 2.24) is 4.90 Å². The molecule has 118 valence electrons. The highest BCUT2D eigenvalue weighted by Crippen LogP contribution is 2.44. The SMILES string of the molecule is CC(C)CC(C)N(C)C1CC(C)(C)Oc2cc(O)ccc21. The first-order valence-electron chi connectivity index (χ1n) is 7.93. The van der Waals surface area contributed by atoms with Gasteiger partial charge >= 0.3 is 0 Å². The van der Waals surface area contributed by atoms with E-state index in [4.69, 9.17) is 4.74 Å². The molecule has 0 radical (unpaired) electrons. The van der Waals surface area contributed by atoms with E-state index >= 15 is 0 Å². The minimum atomic E-state index is -0.211. The predicted molar refractivity (Wildman–Crippen MR) is 86.9 cm³/mol. The summed E-state index contributed by atoms with van der Waals surface area (Å²) < 4.78 is 6.05. The first-order valence-corrected chi connectivity index (χ1v) is 7.93. The summed E-state index contributed by atoms with van der Waals surface area (Å²) in [5.41, 5.74) is 0.974. The normalized spacial score (nSPS) is 22.0. The molecule has 0 aliphatic carbocycles. The van der Waals surface area contributed by atoms with Crippen LogP contribution in [0.3, 0.4) is 0 Å². The van der Waals surface area contributed by atoms with Gasteiger partial charge < -0.3 is 9.84 Å². The van der Waals surface area contributed by atoms with Crippen LogP contribution in [0.1, 0.15) is 59.1 Å². The lowest BCUT2D eigenvalue weighted by molar-refractivity contribution is 0.0243.